The molecule has 4 bridgehead atoms. The molecule has 54 heavy (non-hydrogen) atoms. The van der Waals surface area contributed by atoms with Crippen molar-refractivity contribution in [1.82, 2.24) is 9.80 Å². The van der Waals surface area contributed by atoms with Crippen LogP contribution in [0.3, 0.4) is 0 Å². The molecule has 3 heterocycles. The third-order valence-corrected chi connectivity index (χ3v) is 14.9. The molecule has 0 fully saturated rings. The van der Waals surface area contributed by atoms with Crippen molar-refractivity contribution < 1.29 is 17.6 Å². The Labute approximate surface area is 325 Å². The van der Waals surface area contributed by atoms with Crippen LogP contribution < -0.4 is 14.7 Å². The Balaban J connectivity index is 1.33. The Morgan fingerprint density at radius 3 is 1.35 bits per heavy atom. The van der Waals surface area contributed by atoms with Crippen LogP contribution in [0, 0.1) is 0 Å². The van der Waals surface area contributed by atoms with Gasteiger partial charge in [-0.3, -0.25) is 0 Å². The molecule has 268 valence electrons. The number of anilines is 4. The Morgan fingerprint density at radius 2 is 0.889 bits per heavy atom. The molecule has 5 nitrogen and oxygen atoms in total. The zero-order chi connectivity index (χ0) is 36.6. The van der Waals surface area contributed by atoms with Crippen LogP contribution in [-0.4, -0.2) is 32.2 Å². The molecule has 4 aliphatic rings. The topological polar surface area (TPSA) is 16.2 Å². The molecule has 0 aromatic heterocycles. The molecule has 0 spiro atoms. The van der Waals surface area contributed by atoms with Crippen molar-refractivity contribution in [2.75, 3.05) is 28.8 Å². The summed E-state index contributed by atoms with van der Waals surface area (Å²) in [7, 11) is 4.35. The fourth-order valence-corrected chi connectivity index (χ4v) is 11.7. The minimum atomic E-state index is -0.567. The Hall–Kier alpha value is -5.77. The van der Waals surface area contributed by atoms with Crippen molar-refractivity contribution >= 4 is 31.0 Å². The van der Waals surface area contributed by atoms with E-state index in [0.717, 1.165) is 22.7 Å². The second-order valence-electron chi connectivity index (χ2n) is 14.8. The van der Waals surface area contributed by atoms with Gasteiger partial charge in [0, 0.05) is 0 Å². The van der Waals surface area contributed by atoms with Gasteiger partial charge in [-0.1, -0.05) is 12.1 Å². The van der Waals surface area contributed by atoms with Gasteiger partial charge in [-0.2, -0.15) is 0 Å². The summed E-state index contributed by atoms with van der Waals surface area (Å²) in [6, 6.07) is 54.1. The maximum absolute atomic E-state index is 2.63. The summed E-state index contributed by atoms with van der Waals surface area (Å²) in [5, 5.41) is 0. The quantitative estimate of drug-likeness (QED) is 0.176. The molecular formula is C48H41N5Pt. The Bertz CT molecular complexity index is 2410. The fraction of sp³-hybridized carbons (Fsp3) is 0.125. The van der Waals surface area contributed by atoms with Gasteiger partial charge in [0.1, 0.15) is 0 Å². The third-order valence-electron chi connectivity index (χ3n) is 11.2. The van der Waals surface area contributed by atoms with Gasteiger partial charge in [0.25, 0.3) is 0 Å². The van der Waals surface area contributed by atoms with Gasteiger partial charge < -0.3 is 0 Å². The van der Waals surface area contributed by atoms with Crippen molar-refractivity contribution in [2.24, 2.45) is 0 Å². The fourth-order valence-electron chi connectivity index (χ4n) is 8.65. The van der Waals surface area contributed by atoms with Gasteiger partial charge in [0.2, 0.25) is 0 Å². The predicted octanol–water partition coefficient (Wildman–Crippen LogP) is 10.3. The Kier molecular flexibility index (Phi) is 7.71. The van der Waals surface area contributed by atoms with E-state index in [9.17, 15) is 0 Å². The number of hydrogen-bond acceptors (Lipinski definition) is 5. The van der Waals surface area contributed by atoms with Crippen LogP contribution in [0.4, 0.5) is 22.7 Å². The molecule has 0 saturated heterocycles. The van der Waals surface area contributed by atoms with E-state index in [1.54, 1.807) is 0 Å². The van der Waals surface area contributed by atoms with Crippen LogP contribution in [0.2, 0.25) is 0 Å². The van der Waals surface area contributed by atoms with Crippen LogP contribution in [0.1, 0.15) is 42.1 Å². The van der Waals surface area contributed by atoms with E-state index in [4.69, 9.17) is 0 Å². The first kappa shape index (κ1) is 32.8. The van der Waals surface area contributed by atoms with Gasteiger partial charge >= 0.3 is 315 Å². The van der Waals surface area contributed by atoms with Gasteiger partial charge in [0.15, 0.2) is 0 Å². The minimum absolute atomic E-state index is 0.155. The molecule has 0 atom stereocenters. The molecule has 0 N–H and O–H groups in total. The first-order chi connectivity index (χ1) is 26.4. The molecule has 6 heteroatoms. The number of fused-ring (bicyclic) bond motifs is 10. The first-order valence-corrected chi connectivity index (χ1v) is 20.8. The number of rotatable bonds is 3. The van der Waals surface area contributed by atoms with E-state index >= 15 is 0 Å². The Morgan fingerprint density at radius 1 is 0.463 bits per heavy atom. The summed E-state index contributed by atoms with van der Waals surface area (Å²) >= 11 is -0.567. The molecule has 0 radical (unpaired) electrons. The molecule has 10 rings (SSSR count). The molecule has 0 saturated carbocycles. The standard InChI is InChI=1S/C48H41N5.Pt/c1-48(2)43-25-13-23-41(35-15-7-5-8-16-35)45(43)47(46-42(24-14-26-44(46)48)36-17-9-6-10-18-36)53(39-21-11-19-37(31-39)51-29-27-49(3)33-51)40-22-12-20-38(32-40)52-30-28-50(4)34-52;/h5-32,47H,1-4H3;. The van der Waals surface area contributed by atoms with Gasteiger partial charge in [0.05, 0.1) is 0 Å². The van der Waals surface area contributed by atoms with Gasteiger partial charge in [-0.05, 0) is 0 Å². The zero-order valence-electron chi connectivity index (χ0n) is 30.8. The number of benzene rings is 6. The van der Waals surface area contributed by atoms with Crippen molar-refractivity contribution in [3.05, 3.63) is 193 Å². The monoisotopic (exact) mass is 882 g/mol. The normalized spacial score (nSPS) is 17.0. The maximum atomic E-state index is 2.63. The molecule has 6 aromatic rings. The van der Waals surface area contributed by atoms with E-state index in [1.165, 1.54) is 52.8 Å². The first-order valence-electron chi connectivity index (χ1n) is 18.5. The average molecular weight is 883 g/mol. The van der Waals surface area contributed by atoms with Crippen LogP contribution in [0.5, 0.6) is 0 Å². The van der Waals surface area contributed by atoms with E-state index < -0.39 is 17.6 Å². The van der Waals surface area contributed by atoms with Crippen molar-refractivity contribution in [3.8, 4) is 22.3 Å². The average Bonchev–Trinajstić information content (AvgIpc) is 3.77. The molecule has 3 aliphatic heterocycles. The number of nitrogens with zero attached hydrogens (tertiary/aromatic N) is 5. The second kappa shape index (κ2) is 12.7. The zero-order valence-corrected chi connectivity index (χ0v) is 33.1. The van der Waals surface area contributed by atoms with E-state index in [0.29, 0.717) is 0 Å². The SMILES string of the molecule is CN1C=CN2[C]1=[Pt]=[C]1N(C)C=CN1c1cccc(c1)N(C1c3c(-c4ccccc4)cccc3C(C)(C)c3cccc(-c4ccccc4)c31)c1cccc2c1. The van der Waals surface area contributed by atoms with E-state index in [2.05, 4.69) is 223 Å². The van der Waals surface area contributed by atoms with E-state index in [1.807, 2.05) is 0 Å². The van der Waals surface area contributed by atoms with Crippen molar-refractivity contribution in [1.29, 1.82) is 0 Å². The summed E-state index contributed by atoms with van der Waals surface area (Å²) in [5.74, 6) is 0. The van der Waals surface area contributed by atoms with Crippen LogP contribution in [-0.2, 0) is 23.1 Å². The summed E-state index contributed by atoms with van der Waals surface area (Å²) in [6.07, 6.45) is 8.85. The van der Waals surface area contributed by atoms with Gasteiger partial charge in [-0.25, -0.2) is 0 Å². The summed E-state index contributed by atoms with van der Waals surface area (Å²) in [6.45, 7) is 4.82. The molecular weight excluding hydrogens is 842 g/mol. The second-order valence-corrected chi connectivity index (χ2v) is 17.4. The third kappa shape index (κ3) is 5.10. The van der Waals surface area contributed by atoms with E-state index in [-0.39, 0.29) is 11.5 Å². The van der Waals surface area contributed by atoms with Crippen LogP contribution in [0.25, 0.3) is 22.3 Å². The van der Waals surface area contributed by atoms with Crippen molar-refractivity contribution in [3.63, 3.8) is 0 Å². The number of hydrogen-bond donors (Lipinski definition) is 0. The molecule has 1 aliphatic carbocycles. The molecule has 0 amide bonds. The predicted molar refractivity (Wildman–Crippen MR) is 222 cm³/mol. The van der Waals surface area contributed by atoms with Crippen LogP contribution in [0.15, 0.2) is 170 Å². The van der Waals surface area contributed by atoms with Crippen molar-refractivity contribution in [2.45, 2.75) is 25.3 Å². The van der Waals surface area contributed by atoms with Crippen LogP contribution >= 0.6 is 0 Å². The summed E-state index contributed by atoms with van der Waals surface area (Å²) in [4.78, 5) is 12.0. The summed E-state index contributed by atoms with van der Waals surface area (Å²) < 4.78 is 2.64. The molecule has 0 unspecified atom stereocenters. The molecule has 6 aromatic carbocycles. The van der Waals surface area contributed by atoms with Gasteiger partial charge in [-0.15, -0.1) is 0 Å². The summed E-state index contributed by atoms with van der Waals surface area (Å²) in [5.41, 5.74) is 14.8.